The van der Waals surface area contributed by atoms with Gasteiger partial charge in [0, 0.05) is 11.1 Å². The van der Waals surface area contributed by atoms with Crippen molar-refractivity contribution < 1.29 is 14.7 Å². The second-order valence-electron chi connectivity index (χ2n) is 5.44. The normalized spacial score (nSPS) is 11.8. The minimum atomic E-state index is -0.458. The maximum atomic E-state index is 12.3. The van der Waals surface area contributed by atoms with E-state index < -0.39 is 6.04 Å². The first kappa shape index (κ1) is 16.9. The van der Waals surface area contributed by atoms with Gasteiger partial charge in [-0.25, -0.2) is 0 Å². The molecule has 4 nitrogen and oxygen atoms in total. The second kappa shape index (κ2) is 7.70. The number of nitrogens with one attached hydrogen (secondary N) is 1. The fourth-order valence-electron chi connectivity index (χ4n) is 2.32. The monoisotopic (exact) mass is 311 g/mol. The molecule has 1 atom stereocenters. The lowest BCUT2D eigenvalue weighted by molar-refractivity contribution is 0.0915. The molecule has 0 heterocycles. The van der Waals surface area contributed by atoms with E-state index in [-0.39, 0.29) is 18.3 Å². The number of carbonyl (C=O) groups excluding carboxylic acids is 2. The molecule has 0 aliphatic heterocycles. The summed E-state index contributed by atoms with van der Waals surface area (Å²) in [6.07, 6.45) is 0.943. The molecule has 2 rings (SSSR count). The molecule has 1 amide bonds. The molecule has 23 heavy (non-hydrogen) atoms. The summed E-state index contributed by atoms with van der Waals surface area (Å²) in [5, 5.41) is 12.4. The Kier molecular flexibility index (Phi) is 5.66. The smallest absolute Gasteiger partial charge is 0.251 e. The van der Waals surface area contributed by atoms with Gasteiger partial charge in [-0.1, -0.05) is 43.3 Å². The van der Waals surface area contributed by atoms with Crippen molar-refractivity contribution in [2.24, 2.45) is 0 Å². The molecule has 1 unspecified atom stereocenters. The first-order chi connectivity index (χ1) is 11.0. The van der Waals surface area contributed by atoms with Crippen LogP contribution in [0.2, 0.25) is 0 Å². The maximum absolute atomic E-state index is 12.3. The SMILES string of the molecule is CCc1ccc(C(CO)NC(=O)c2ccc(C(C)=O)cc2)cc1. The molecule has 0 aliphatic rings. The molecule has 0 saturated carbocycles. The van der Waals surface area contributed by atoms with Crippen molar-refractivity contribution in [3.63, 3.8) is 0 Å². The van der Waals surface area contributed by atoms with Crippen molar-refractivity contribution in [3.8, 4) is 0 Å². The highest BCUT2D eigenvalue weighted by molar-refractivity contribution is 5.97. The van der Waals surface area contributed by atoms with Crippen LogP contribution in [0.5, 0.6) is 0 Å². The van der Waals surface area contributed by atoms with Crippen LogP contribution in [0.1, 0.15) is 51.7 Å². The van der Waals surface area contributed by atoms with Gasteiger partial charge in [0.25, 0.3) is 5.91 Å². The van der Waals surface area contributed by atoms with E-state index in [2.05, 4.69) is 12.2 Å². The second-order valence-corrected chi connectivity index (χ2v) is 5.44. The molecule has 0 bridgehead atoms. The summed E-state index contributed by atoms with van der Waals surface area (Å²) in [4.78, 5) is 23.5. The average Bonchev–Trinajstić information content (AvgIpc) is 2.59. The van der Waals surface area contributed by atoms with Crippen LogP contribution < -0.4 is 5.32 Å². The fraction of sp³-hybridized carbons (Fsp3) is 0.263. The molecule has 0 saturated heterocycles. The van der Waals surface area contributed by atoms with Gasteiger partial charge in [-0.3, -0.25) is 9.59 Å². The third kappa shape index (κ3) is 4.27. The van der Waals surface area contributed by atoms with Gasteiger partial charge in [0.1, 0.15) is 0 Å². The van der Waals surface area contributed by atoms with Crippen molar-refractivity contribution in [2.75, 3.05) is 6.61 Å². The third-order valence-corrected chi connectivity index (χ3v) is 3.83. The average molecular weight is 311 g/mol. The van der Waals surface area contributed by atoms with E-state index in [0.717, 1.165) is 12.0 Å². The Hall–Kier alpha value is -2.46. The molecule has 0 radical (unpaired) electrons. The number of amides is 1. The zero-order chi connectivity index (χ0) is 16.8. The zero-order valence-electron chi connectivity index (χ0n) is 13.4. The van der Waals surface area contributed by atoms with Crippen molar-refractivity contribution in [1.29, 1.82) is 0 Å². The third-order valence-electron chi connectivity index (χ3n) is 3.83. The van der Waals surface area contributed by atoms with Crippen molar-refractivity contribution >= 4 is 11.7 Å². The number of carbonyl (C=O) groups is 2. The van der Waals surface area contributed by atoms with E-state index in [1.165, 1.54) is 12.5 Å². The quantitative estimate of drug-likeness (QED) is 0.806. The van der Waals surface area contributed by atoms with E-state index in [0.29, 0.717) is 11.1 Å². The topological polar surface area (TPSA) is 66.4 Å². The predicted molar refractivity (Wildman–Crippen MR) is 89.6 cm³/mol. The van der Waals surface area contributed by atoms with Crippen LogP contribution >= 0.6 is 0 Å². The number of aryl methyl sites for hydroxylation is 1. The molecule has 0 aliphatic carbocycles. The lowest BCUT2D eigenvalue weighted by Gasteiger charge is -2.17. The van der Waals surface area contributed by atoms with Crippen LogP contribution in [0.25, 0.3) is 0 Å². The predicted octanol–water partition coefficient (Wildman–Crippen LogP) is 2.92. The number of hydrogen-bond donors (Lipinski definition) is 2. The zero-order valence-corrected chi connectivity index (χ0v) is 13.4. The van der Waals surface area contributed by atoms with Gasteiger partial charge in [0.15, 0.2) is 5.78 Å². The highest BCUT2D eigenvalue weighted by Gasteiger charge is 2.15. The lowest BCUT2D eigenvalue weighted by Crippen LogP contribution is -2.30. The Morgan fingerprint density at radius 3 is 2.04 bits per heavy atom. The Balaban J connectivity index is 2.10. The van der Waals surface area contributed by atoms with Crippen molar-refractivity contribution in [1.82, 2.24) is 5.32 Å². The summed E-state index contributed by atoms with van der Waals surface area (Å²) in [5.74, 6) is -0.320. The number of aliphatic hydroxyl groups is 1. The highest BCUT2D eigenvalue weighted by Crippen LogP contribution is 2.15. The Labute approximate surface area is 136 Å². The van der Waals surface area contributed by atoms with Crippen LogP contribution in [0.4, 0.5) is 0 Å². The van der Waals surface area contributed by atoms with Gasteiger partial charge >= 0.3 is 0 Å². The van der Waals surface area contributed by atoms with E-state index in [4.69, 9.17) is 0 Å². The molecular formula is C19H21NO3. The van der Waals surface area contributed by atoms with Crippen LogP contribution in [0, 0.1) is 0 Å². The molecule has 2 N–H and O–H groups in total. The number of ketones is 1. The van der Waals surface area contributed by atoms with E-state index in [1.807, 2.05) is 24.3 Å². The summed E-state index contributed by atoms with van der Waals surface area (Å²) in [5.41, 5.74) is 3.09. The molecule has 120 valence electrons. The largest absolute Gasteiger partial charge is 0.394 e. The molecule has 0 aromatic heterocycles. The van der Waals surface area contributed by atoms with Crippen LogP contribution in [0.15, 0.2) is 48.5 Å². The highest BCUT2D eigenvalue weighted by atomic mass is 16.3. The van der Waals surface area contributed by atoms with Gasteiger partial charge in [-0.15, -0.1) is 0 Å². The summed E-state index contributed by atoms with van der Waals surface area (Å²) in [7, 11) is 0. The van der Waals surface area contributed by atoms with Crippen LogP contribution in [-0.4, -0.2) is 23.4 Å². The molecule has 2 aromatic rings. The molecular weight excluding hydrogens is 290 g/mol. The number of benzene rings is 2. The summed E-state index contributed by atoms with van der Waals surface area (Å²) in [6, 6.07) is 13.8. The summed E-state index contributed by atoms with van der Waals surface area (Å²) >= 11 is 0. The molecule has 2 aromatic carbocycles. The Morgan fingerprint density at radius 1 is 1.00 bits per heavy atom. The standard InChI is InChI=1S/C19H21NO3/c1-3-14-4-6-16(7-5-14)18(12-21)20-19(23)17-10-8-15(9-11-17)13(2)22/h4-11,18,21H,3,12H2,1-2H3,(H,20,23). The number of Topliss-reactive ketones (excluding diaryl/α,β-unsaturated/α-hetero) is 1. The van der Waals surface area contributed by atoms with Gasteiger partial charge in [0.05, 0.1) is 12.6 Å². The summed E-state index contributed by atoms with van der Waals surface area (Å²) < 4.78 is 0. The van der Waals surface area contributed by atoms with Crippen molar-refractivity contribution in [2.45, 2.75) is 26.3 Å². The van der Waals surface area contributed by atoms with Gasteiger partial charge in [-0.2, -0.15) is 0 Å². The first-order valence-corrected chi connectivity index (χ1v) is 7.66. The van der Waals surface area contributed by atoms with Crippen molar-refractivity contribution in [3.05, 3.63) is 70.8 Å². The number of rotatable bonds is 6. The Morgan fingerprint density at radius 2 is 1.57 bits per heavy atom. The Bertz CT molecular complexity index is 675. The van der Waals surface area contributed by atoms with Gasteiger partial charge in [-0.05, 0) is 36.6 Å². The van der Waals surface area contributed by atoms with E-state index >= 15 is 0 Å². The molecule has 0 fully saturated rings. The first-order valence-electron chi connectivity index (χ1n) is 7.66. The van der Waals surface area contributed by atoms with Gasteiger partial charge in [0.2, 0.25) is 0 Å². The van der Waals surface area contributed by atoms with Crippen LogP contribution in [-0.2, 0) is 6.42 Å². The fourth-order valence-corrected chi connectivity index (χ4v) is 2.32. The minimum Gasteiger partial charge on any atom is -0.394 e. The van der Waals surface area contributed by atoms with E-state index in [9.17, 15) is 14.7 Å². The molecule has 4 heteroatoms. The van der Waals surface area contributed by atoms with Crippen LogP contribution in [0.3, 0.4) is 0 Å². The lowest BCUT2D eigenvalue weighted by atomic mass is 10.0. The molecule has 0 spiro atoms. The van der Waals surface area contributed by atoms with E-state index in [1.54, 1.807) is 24.3 Å². The summed E-state index contributed by atoms with van der Waals surface area (Å²) in [6.45, 7) is 3.38. The number of hydrogen-bond acceptors (Lipinski definition) is 3. The minimum absolute atomic E-state index is 0.0405. The number of aliphatic hydroxyl groups excluding tert-OH is 1. The van der Waals surface area contributed by atoms with Gasteiger partial charge < -0.3 is 10.4 Å². The maximum Gasteiger partial charge on any atom is 0.251 e.